The number of carbonyl (C=O) groups is 2. The largest absolute Gasteiger partial charge is 0.507 e. The van der Waals surface area contributed by atoms with Crippen molar-refractivity contribution >= 4 is 11.8 Å². The summed E-state index contributed by atoms with van der Waals surface area (Å²) in [6.45, 7) is 8.81. The highest BCUT2D eigenvalue weighted by atomic mass is 16.3. The highest BCUT2D eigenvalue weighted by Gasteiger charge is 2.23. The Morgan fingerprint density at radius 2 is 1.96 bits per heavy atom. The minimum absolute atomic E-state index is 0.0266. The van der Waals surface area contributed by atoms with Crippen LogP contribution in [0.2, 0.25) is 0 Å². The number of phenols is 1. The van der Waals surface area contributed by atoms with Gasteiger partial charge in [0.25, 0.3) is 5.91 Å². The summed E-state index contributed by atoms with van der Waals surface area (Å²) in [5, 5.41) is 16.0. The van der Waals surface area contributed by atoms with Crippen LogP contribution in [0.1, 0.15) is 61.9 Å². The van der Waals surface area contributed by atoms with E-state index >= 15 is 0 Å². The molecule has 1 aromatic rings. The van der Waals surface area contributed by atoms with Gasteiger partial charge < -0.3 is 15.7 Å². The Balaban J connectivity index is 1.82. The normalized spacial score (nSPS) is 15.8. The predicted molar refractivity (Wildman–Crippen MR) is 102 cm³/mol. The molecule has 1 aliphatic heterocycles. The highest BCUT2D eigenvalue weighted by molar-refractivity contribution is 5.97. The molecule has 1 aliphatic rings. The van der Waals surface area contributed by atoms with Crippen LogP contribution < -0.4 is 10.6 Å². The van der Waals surface area contributed by atoms with E-state index in [1.165, 1.54) is 0 Å². The summed E-state index contributed by atoms with van der Waals surface area (Å²) in [5.74, 6) is 0.150. The van der Waals surface area contributed by atoms with Gasteiger partial charge in [0.1, 0.15) is 5.75 Å². The number of likely N-dealkylation sites (tertiary alicyclic amines) is 1. The van der Waals surface area contributed by atoms with Gasteiger partial charge in [-0.2, -0.15) is 0 Å². The lowest BCUT2D eigenvalue weighted by molar-refractivity contribution is -0.122. The maximum Gasteiger partial charge on any atom is 0.255 e. The Morgan fingerprint density at radius 1 is 1.27 bits per heavy atom. The second-order valence-electron chi connectivity index (χ2n) is 7.31. The van der Waals surface area contributed by atoms with Gasteiger partial charge in [-0.3, -0.25) is 14.5 Å². The smallest absolute Gasteiger partial charge is 0.255 e. The second kappa shape index (κ2) is 9.57. The van der Waals surface area contributed by atoms with Crippen LogP contribution >= 0.6 is 0 Å². The van der Waals surface area contributed by atoms with Crippen molar-refractivity contribution in [3.05, 3.63) is 29.3 Å². The number of nitrogens with zero attached hydrogens (tertiary/aromatic N) is 1. The zero-order valence-corrected chi connectivity index (χ0v) is 16.0. The molecule has 144 valence electrons. The van der Waals surface area contributed by atoms with E-state index in [-0.39, 0.29) is 23.6 Å². The number of rotatable bonds is 7. The summed E-state index contributed by atoms with van der Waals surface area (Å²) in [7, 11) is 0. The first-order valence-electron chi connectivity index (χ1n) is 9.53. The van der Waals surface area contributed by atoms with Gasteiger partial charge in [-0.05, 0) is 42.9 Å². The molecule has 0 atom stereocenters. The van der Waals surface area contributed by atoms with E-state index in [1.54, 1.807) is 12.1 Å². The van der Waals surface area contributed by atoms with Crippen LogP contribution in [0.25, 0.3) is 0 Å². The lowest BCUT2D eigenvalue weighted by atomic mass is 10.00. The maximum absolute atomic E-state index is 12.4. The first-order valence-corrected chi connectivity index (χ1v) is 9.53. The number of hydrogen-bond acceptors (Lipinski definition) is 4. The molecule has 0 unspecified atom stereocenters. The fourth-order valence-corrected chi connectivity index (χ4v) is 3.12. The van der Waals surface area contributed by atoms with E-state index < -0.39 is 0 Å². The van der Waals surface area contributed by atoms with Gasteiger partial charge in [-0.1, -0.05) is 26.8 Å². The second-order valence-corrected chi connectivity index (χ2v) is 7.31. The van der Waals surface area contributed by atoms with Crippen molar-refractivity contribution in [2.45, 2.75) is 52.0 Å². The van der Waals surface area contributed by atoms with E-state index in [0.29, 0.717) is 24.6 Å². The lowest BCUT2D eigenvalue weighted by Crippen LogP contribution is -2.47. The third-order valence-corrected chi connectivity index (χ3v) is 4.80. The zero-order valence-electron chi connectivity index (χ0n) is 16.0. The van der Waals surface area contributed by atoms with E-state index in [4.69, 9.17) is 0 Å². The van der Waals surface area contributed by atoms with Crippen molar-refractivity contribution in [3.8, 4) is 5.75 Å². The fourth-order valence-electron chi connectivity index (χ4n) is 3.12. The van der Waals surface area contributed by atoms with Crippen LogP contribution in [0.4, 0.5) is 0 Å². The van der Waals surface area contributed by atoms with Crippen molar-refractivity contribution < 1.29 is 14.7 Å². The molecule has 6 nitrogen and oxygen atoms in total. The average molecular weight is 361 g/mol. The molecule has 0 spiro atoms. The quantitative estimate of drug-likeness (QED) is 0.696. The van der Waals surface area contributed by atoms with Crippen molar-refractivity contribution in [3.63, 3.8) is 0 Å². The van der Waals surface area contributed by atoms with Crippen LogP contribution in [0.15, 0.2) is 18.2 Å². The van der Waals surface area contributed by atoms with Gasteiger partial charge in [0, 0.05) is 25.7 Å². The van der Waals surface area contributed by atoms with Crippen molar-refractivity contribution in [2.24, 2.45) is 0 Å². The van der Waals surface area contributed by atoms with Crippen molar-refractivity contribution in [1.29, 1.82) is 0 Å². The van der Waals surface area contributed by atoms with Crippen LogP contribution in [0, 0.1) is 0 Å². The standard InChI is InChI=1S/C20H31N3O3/c1-4-9-21-19(25)13-23-10-7-16(8-11-23)22-20(26)17-6-5-15(14(2)3)12-18(17)24/h5-6,12,14,16,24H,4,7-11,13H2,1-3H3,(H,21,25)(H,22,26). The first kappa shape index (κ1) is 20.2. The average Bonchev–Trinajstić information content (AvgIpc) is 2.61. The molecule has 6 heteroatoms. The zero-order chi connectivity index (χ0) is 19.1. The number of hydrogen-bond donors (Lipinski definition) is 3. The van der Waals surface area contributed by atoms with Crippen LogP contribution in [-0.4, -0.2) is 54.0 Å². The molecule has 1 aromatic carbocycles. The summed E-state index contributed by atoms with van der Waals surface area (Å²) in [6.07, 6.45) is 2.54. The molecule has 0 radical (unpaired) electrons. The van der Waals surface area contributed by atoms with Gasteiger partial charge in [0.2, 0.25) is 5.91 Å². The monoisotopic (exact) mass is 361 g/mol. The molecule has 1 saturated heterocycles. The molecule has 2 amide bonds. The van der Waals surface area contributed by atoms with E-state index in [2.05, 4.69) is 15.5 Å². The summed E-state index contributed by atoms with van der Waals surface area (Å²) in [4.78, 5) is 26.3. The number of benzene rings is 1. The molecule has 0 saturated carbocycles. The third kappa shape index (κ3) is 5.73. The minimum atomic E-state index is -0.239. The lowest BCUT2D eigenvalue weighted by Gasteiger charge is -2.31. The van der Waals surface area contributed by atoms with Gasteiger partial charge >= 0.3 is 0 Å². The van der Waals surface area contributed by atoms with Gasteiger partial charge in [-0.15, -0.1) is 0 Å². The Morgan fingerprint density at radius 3 is 2.54 bits per heavy atom. The number of nitrogens with one attached hydrogen (secondary N) is 2. The maximum atomic E-state index is 12.4. The third-order valence-electron chi connectivity index (χ3n) is 4.80. The SMILES string of the molecule is CCCNC(=O)CN1CCC(NC(=O)c2ccc(C(C)C)cc2O)CC1. The Labute approximate surface area is 156 Å². The fraction of sp³-hybridized carbons (Fsp3) is 0.600. The van der Waals surface area contributed by atoms with Crippen LogP contribution in [0.3, 0.4) is 0 Å². The summed E-state index contributed by atoms with van der Waals surface area (Å²) >= 11 is 0. The number of carbonyl (C=O) groups excluding carboxylic acids is 2. The minimum Gasteiger partial charge on any atom is -0.507 e. The Kier molecular flexibility index (Phi) is 7.45. The van der Waals surface area contributed by atoms with Gasteiger partial charge in [0.05, 0.1) is 12.1 Å². The Bertz CT molecular complexity index is 623. The molecule has 0 bridgehead atoms. The van der Waals surface area contributed by atoms with Crippen molar-refractivity contribution in [1.82, 2.24) is 15.5 Å². The molecule has 1 heterocycles. The van der Waals surface area contributed by atoms with Crippen molar-refractivity contribution in [2.75, 3.05) is 26.2 Å². The van der Waals surface area contributed by atoms with E-state index in [9.17, 15) is 14.7 Å². The van der Waals surface area contributed by atoms with Crippen LogP contribution in [-0.2, 0) is 4.79 Å². The number of piperidine rings is 1. The molecule has 26 heavy (non-hydrogen) atoms. The first-order chi connectivity index (χ1) is 12.4. The van der Waals surface area contributed by atoms with E-state index in [1.807, 2.05) is 26.8 Å². The van der Waals surface area contributed by atoms with Gasteiger partial charge in [-0.25, -0.2) is 0 Å². The van der Waals surface area contributed by atoms with Crippen LogP contribution in [0.5, 0.6) is 5.75 Å². The topological polar surface area (TPSA) is 81.7 Å². The number of aromatic hydroxyl groups is 1. The van der Waals surface area contributed by atoms with Gasteiger partial charge in [0.15, 0.2) is 0 Å². The molecule has 0 aliphatic carbocycles. The highest BCUT2D eigenvalue weighted by Crippen LogP contribution is 2.24. The predicted octanol–water partition coefficient (Wildman–Crippen LogP) is 2.24. The summed E-state index contributed by atoms with van der Waals surface area (Å²) < 4.78 is 0. The molecular formula is C20H31N3O3. The molecular weight excluding hydrogens is 330 g/mol. The Hall–Kier alpha value is -2.08. The molecule has 2 rings (SSSR count). The number of amides is 2. The number of phenolic OH excluding ortho intramolecular Hbond substituents is 1. The van der Waals surface area contributed by atoms with E-state index in [0.717, 1.165) is 37.9 Å². The summed E-state index contributed by atoms with van der Waals surface area (Å²) in [6, 6.07) is 5.31. The molecule has 1 fully saturated rings. The molecule has 3 N–H and O–H groups in total. The molecule has 0 aromatic heterocycles. The summed E-state index contributed by atoms with van der Waals surface area (Å²) in [5.41, 5.74) is 1.32.